The van der Waals surface area contributed by atoms with Crippen molar-refractivity contribution in [2.24, 2.45) is 17.1 Å². The number of hydrogen-bond donors (Lipinski definition) is 2. The molecule has 1 aromatic rings. The van der Waals surface area contributed by atoms with Crippen molar-refractivity contribution in [1.82, 2.24) is 4.90 Å². The third kappa shape index (κ3) is 4.44. The first-order valence-corrected chi connectivity index (χ1v) is 13.0. The molecule has 174 valence electrons. The highest BCUT2D eigenvalue weighted by atomic mass is 127. The first kappa shape index (κ1) is 22.6. The quantitative estimate of drug-likeness (QED) is 0.297. The lowest BCUT2D eigenvalue weighted by Crippen LogP contribution is -2.52. The van der Waals surface area contributed by atoms with Gasteiger partial charge in [-0.1, -0.05) is 31.0 Å². The molecule has 2 atom stereocenters. The van der Waals surface area contributed by atoms with Crippen molar-refractivity contribution in [1.29, 1.82) is 5.41 Å². The molecule has 3 N–H and O–H groups in total. The number of carbonyl (C=O) groups excluding carboxylic acids is 1. The van der Waals surface area contributed by atoms with Crippen molar-refractivity contribution in [3.8, 4) is 0 Å². The van der Waals surface area contributed by atoms with Crippen LogP contribution >= 0.6 is 23.0 Å². The summed E-state index contributed by atoms with van der Waals surface area (Å²) < 4.78 is 11.2. The van der Waals surface area contributed by atoms with Crippen LogP contribution in [0.1, 0.15) is 74.0 Å². The molecule has 5 rings (SSSR count). The lowest BCUT2D eigenvalue weighted by atomic mass is 9.65. The van der Waals surface area contributed by atoms with Gasteiger partial charge in [0.1, 0.15) is 23.0 Å². The first-order chi connectivity index (χ1) is 15.5. The maximum absolute atomic E-state index is 14.1. The molecule has 3 aliphatic carbocycles. The Labute approximate surface area is 204 Å². The largest absolute Gasteiger partial charge is 0.376 e. The van der Waals surface area contributed by atoms with Crippen LogP contribution in [0.15, 0.2) is 18.2 Å². The second-order valence-corrected chi connectivity index (χ2v) is 10.9. The van der Waals surface area contributed by atoms with E-state index < -0.39 is 0 Å². The number of fused-ring (bicyclic) bond motifs is 1. The molecule has 2 unspecified atom stereocenters. The van der Waals surface area contributed by atoms with Crippen LogP contribution in [-0.4, -0.2) is 42.1 Å². The summed E-state index contributed by atoms with van der Waals surface area (Å²) in [6.07, 6.45) is 11.1. The monoisotopic (exact) mass is 551 g/mol. The molecule has 7 heteroatoms. The minimum atomic E-state index is -0.238. The van der Waals surface area contributed by atoms with Gasteiger partial charge in [-0.15, -0.1) is 0 Å². The van der Waals surface area contributed by atoms with E-state index in [4.69, 9.17) is 18.9 Å². The summed E-state index contributed by atoms with van der Waals surface area (Å²) in [6.45, 7) is 1.11. The Morgan fingerprint density at radius 2 is 2.00 bits per heavy atom. The minimum Gasteiger partial charge on any atom is -0.376 e. The van der Waals surface area contributed by atoms with Crippen LogP contribution in [-0.2, 0) is 25.4 Å². The lowest BCUT2D eigenvalue weighted by molar-refractivity contribution is -0.137. The molecule has 1 saturated heterocycles. The zero-order chi connectivity index (χ0) is 22.3. The Morgan fingerprint density at radius 3 is 2.59 bits per heavy atom. The Balaban J connectivity index is 1.45. The van der Waals surface area contributed by atoms with E-state index in [-0.39, 0.29) is 35.4 Å². The number of aryl methyl sites for hydroxylation is 1. The van der Waals surface area contributed by atoms with Gasteiger partial charge >= 0.3 is 0 Å². The zero-order valence-electron chi connectivity index (χ0n) is 18.7. The van der Waals surface area contributed by atoms with Crippen LogP contribution in [0.4, 0.5) is 0 Å². The number of nitrogens with two attached hydrogens (primary N) is 1. The summed E-state index contributed by atoms with van der Waals surface area (Å²) in [5.74, 6) is 0.479. The third-order valence-electron chi connectivity index (χ3n) is 8.25. The Hall–Kier alpha value is -1.19. The van der Waals surface area contributed by atoms with Crippen LogP contribution in [0, 0.1) is 16.7 Å². The van der Waals surface area contributed by atoms with E-state index in [1.807, 2.05) is 23.0 Å². The normalized spacial score (nSPS) is 31.2. The predicted octanol–water partition coefficient (Wildman–Crippen LogP) is 4.48. The average molecular weight is 551 g/mol. The fourth-order valence-corrected chi connectivity index (χ4v) is 6.54. The maximum Gasteiger partial charge on any atom is 0.237 e. The number of nitrogens with one attached hydrogen (secondary N) is 1. The van der Waals surface area contributed by atoms with Crippen LogP contribution in [0.25, 0.3) is 0 Å². The topological polar surface area (TPSA) is 88.6 Å². The molecule has 0 bridgehead atoms. The van der Waals surface area contributed by atoms with Gasteiger partial charge < -0.3 is 13.5 Å². The second-order valence-electron chi connectivity index (χ2n) is 10.4. The Bertz CT molecular complexity index is 875. The molecule has 0 aromatic heterocycles. The van der Waals surface area contributed by atoms with E-state index in [1.54, 1.807) is 0 Å². The molecule has 6 nitrogen and oxygen atoms in total. The molecular weight excluding hydrogens is 517 g/mol. The standard InChI is InChI=1S/C25H34IN3O3/c26-32-19-7-10-25(11-8-19)14-18-6-5-17(4-3-16-1-2-16)13-21(18)22(25)23(30)29(24(27)28)15-20-9-12-31-20/h5-6,13,16,19-20,22H,1-4,7-12,14-15H2,(H3,27,28). The molecule has 32 heavy (non-hydrogen) atoms. The highest BCUT2D eigenvalue weighted by Crippen LogP contribution is 2.56. The fraction of sp³-hybridized carbons (Fsp3) is 0.680. The highest BCUT2D eigenvalue weighted by molar-refractivity contribution is 14.1. The SMILES string of the molecule is N=C(N)N(CC1CCO1)C(=O)C1c2cc(CCC3CC3)ccc2CC12CCC(OI)CC2. The number of amides is 1. The van der Waals surface area contributed by atoms with Gasteiger partial charge in [0.25, 0.3) is 0 Å². The van der Waals surface area contributed by atoms with Crippen molar-refractivity contribution >= 4 is 34.9 Å². The van der Waals surface area contributed by atoms with Gasteiger partial charge in [-0.2, -0.15) is 0 Å². The number of nitrogens with zero attached hydrogens (tertiary/aromatic N) is 1. The molecule has 1 aliphatic heterocycles. The van der Waals surface area contributed by atoms with Crippen LogP contribution in [0.3, 0.4) is 0 Å². The van der Waals surface area contributed by atoms with E-state index in [2.05, 4.69) is 18.2 Å². The van der Waals surface area contributed by atoms with Crippen molar-refractivity contribution in [3.05, 3.63) is 34.9 Å². The molecule has 3 fully saturated rings. The summed E-state index contributed by atoms with van der Waals surface area (Å²) in [6, 6.07) is 6.83. The van der Waals surface area contributed by atoms with E-state index in [9.17, 15) is 4.79 Å². The van der Waals surface area contributed by atoms with Gasteiger partial charge in [-0.25, -0.2) is 0 Å². The first-order valence-electron chi connectivity index (χ1n) is 12.2. The van der Waals surface area contributed by atoms with Crippen LogP contribution < -0.4 is 5.73 Å². The summed E-state index contributed by atoms with van der Waals surface area (Å²) >= 11 is 2.01. The van der Waals surface area contributed by atoms with E-state index >= 15 is 0 Å². The van der Waals surface area contributed by atoms with Crippen molar-refractivity contribution in [3.63, 3.8) is 0 Å². The minimum absolute atomic E-state index is 0.00675. The number of rotatable bonds is 7. The zero-order valence-corrected chi connectivity index (χ0v) is 20.8. The van der Waals surface area contributed by atoms with Crippen molar-refractivity contribution < 1.29 is 12.6 Å². The molecular formula is C25H34IN3O3. The third-order valence-corrected chi connectivity index (χ3v) is 8.97. The Morgan fingerprint density at radius 1 is 1.25 bits per heavy atom. The summed E-state index contributed by atoms with van der Waals surface area (Å²) in [7, 11) is 0. The number of benzene rings is 1. The summed E-state index contributed by atoms with van der Waals surface area (Å²) in [5.41, 5.74) is 9.66. The molecule has 1 heterocycles. The molecule has 1 aromatic carbocycles. The molecule has 2 saturated carbocycles. The molecule has 4 aliphatic rings. The van der Waals surface area contributed by atoms with E-state index in [0.717, 1.165) is 57.5 Å². The van der Waals surface area contributed by atoms with Gasteiger partial charge in [-0.05, 0) is 79.4 Å². The van der Waals surface area contributed by atoms with Gasteiger partial charge in [0.05, 0.1) is 24.7 Å². The highest BCUT2D eigenvalue weighted by Gasteiger charge is 2.52. The molecule has 1 spiro atoms. The predicted molar refractivity (Wildman–Crippen MR) is 132 cm³/mol. The smallest absolute Gasteiger partial charge is 0.237 e. The second kappa shape index (κ2) is 9.22. The van der Waals surface area contributed by atoms with Crippen molar-refractivity contribution in [2.75, 3.05) is 13.2 Å². The van der Waals surface area contributed by atoms with Gasteiger partial charge in [0.2, 0.25) is 5.91 Å². The number of guanidine groups is 1. The number of hydrogen-bond acceptors (Lipinski definition) is 4. The number of carbonyl (C=O) groups is 1. The summed E-state index contributed by atoms with van der Waals surface area (Å²) in [4.78, 5) is 15.5. The van der Waals surface area contributed by atoms with Gasteiger partial charge in [0, 0.05) is 6.61 Å². The van der Waals surface area contributed by atoms with Crippen LogP contribution in [0.5, 0.6) is 0 Å². The maximum atomic E-state index is 14.1. The van der Waals surface area contributed by atoms with Gasteiger partial charge in [-0.3, -0.25) is 15.1 Å². The average Bonchev–Trinajstić information content (AvgIpc) is 3.53. The number of halogens is 1. The number of ether oxygens (including phenoxy) is 1. The van der Waals surface area contributed by atoms with Crippen molar-refractivity contribution in [2.45, 2.75) is 82.3 Å². The van der Waals surface area contributed by atoms with E-state index in [0.29, 0.717) is 6.54 Å². The fourth-order valence-electron chi connectivity index (χ4n) is 6.03. The summed E-state index contributed by atoms with van der Waals surface area (Å²) in [5, 5.41) is 8.16. The van der Waals surface area contributed by atoms with Crippen LogP contribution in [0.2, 0.25) is 0 Å². The molecule has 0 radical (unpaired) electrons. The van der Waals surface area contributed by atoms with Gasteiger partial charge in [0.15, 0.2) is 5.96 Å². The Kier molecular flexibility index (Phi) is 6.51. The molecule has 1 amide bonds. The lowest BCUT2D eigenvalue weighted by Gasteiger charge is -2.42. The van der Waals surface area contributed by atoms with E-state index in [1.165, 1.54) is 40.9 Å².